The smallest absolute Gasteiger partial charge is 0.307 e. The topological polar surface area (TPSA) is 38.3 Å². The van der Waals surface area contributed by atoms with E-state index in [0.29, 0.717) is 6.42 Å². The Morgan fingerprint density at radius 1 is 1.20 bits per heavy atom. The standard InChI is InChI=1S/C17H27NO2/c1-7-18-15(10-17(19)20-6)9-16-13(4)11(2)8-12(3)14(16)5/h8,15,18H,7,9-10H2,1-6H3. The number of rotatable bonds is 6. The molecule has 0 saturated heterocycles. The van der Waals surface area contributed by atoms with E-state index in [2.05, 4.69) is 46.0 Å². The number of ether oxygens (including phenoxy) is 1. The molecule has 1 aromatic carbocycles. The summed E-state index contributed by atoms with van der Waals surface area (Å²) < 4.78 is 4.79. The first-order valence-corrected chi connectivity index (χ1v) is 7.27. The van der Waals surface area contributed by atoms with E-state index in [1.165, 1.54) is 34.9 Å². The first-order valence-electron chi connectivity index (χ1n) is 7.27. The Hall–Kier alpha value is -1.35. The maximum absolute atomic E-state index is 11.5. The molecule has 20 heavy (non-hydrogen) atoms. The van der Waals surface area contributed by atoms with Crippen LogP contribution in [0.5, 0.6) is 0 Å². The molecule has 0 fully saturated rings. The number of benzene rings is 1. The van der Waals surface area contributed by atoms with E-state index in [1.807, 2.05) is 0 Å². The van der Waals surface area contributed by atoms with Crippen molar-refractivity contribution < 1.29 is 9.53 Å². The summed E-state index contributed by atoms with van der Waals surface area (Å²) in [6, 6.07) is 2.36. The summed E-state index contributed by atoms with van der Waals surface area (Å²) in [6.45, 7) is 11.5. The van der Waals surface area contributed by atoms with Gasteiger partial charge < -0.3 is 10.1 Å². The molecule has 1 atom stereocenters. The first-order chi connectivity index (χ1) is 9.40. The van der Waals surface area contributed by atoms with Crippen molar-refractivity contribution in [3.8, 4) is 0 Å². The summed E-state index contributed by atoms with van der Waals surface area (Å²) in [5.74, 6) is -0.157. The van der Waals surface area contributed by atoms with Crippen LogP contribution in [-0.2, 0) is 16.0 Å². The lowest BCUT2D eigenvalue weighted by Gasteiger charge is -2.21. The van der Waals surface area contributed by atoms with Crippen LogP contribution < -0.4 is 5.32 Å². The fourth-order valence-electron chi connectivity index (χ4n) is 2.64. The quantitative estimate of drug-likeness (QED) is 0.812. The molecule has 1 rings (SSSR count). The molecule has 3 heteroatoms. The zero-order valence-corrected chi connectivity index (χ0v) is 13.6. The molecule has 0 aliphatic heterocycles. The minimum absolute atomic E-state index is 0.131. The Balaban J connectivity index is 3.01. The number of likely N-dealkylation sites (N-methyl/N-ethyl adjacent to an activating group) is 1. The van der Waals surface area contributed by atoms with Crippen LogP contribution in [0.1, 0.15) is 41.2 Å². The first kappa shape index (κ1) is 16.7. The third-order valence-electron chi connectivity index (χ3n) is 4.11. The van der Waals surface area contributed by atoms with Gasteiger partial charge in [0.15, 0.2) is 0 Å². The molecular weight excluding hydrogens is 250 g/mol. The Labute approximate surface area is 122 Å². The molecule has 0 aliphatic rings. The van der Waals surface area contributed by atoms with Gasteiger partial charge in [-0.3, -0.25) is 4.79 Å². The largest absolute Gasteiger partial charge is 0.469 e. The van der Waals surface area contributed by atoms with Gasteiger partial charge in [-0.05, 0) is 68.5 Å². The minimum atomic E-state index is -0.157. The molecule has 0 bridgehead atoms. The van der Waals surface area contributed by atoms with Gasteiger partial charge in [0, 0.05) is 6.04 Å². The number of esters is 1. The zero-order chi connectivity index (χ0) is 15.3. The number of nitrogens with one attached hydrogen (secondary N) is 1. The van der Waals surface area contributed by atoms with Crippen molar-refractivity contribution in [1.82, 2.24) is 5.32 Å². The summed E-state index contributed by atoms with van der Waals surface area (Å²) in [5, 5.41) is 3.39. The van der Waals surface area contributed by atoms with Crippen LogP contribution in [0, 0.1) is 27.7 Å². The van der Waals surface area contributed by atoms with Crippen molar-refractivity contribution in [3.63, 3.8) is 0 Å². The highest BCUT2D eigenvalue weighted by Gasteiger charge is 2.17. The van der Waals surface area contributed by atoms with Crippen molar-refractivity contribution in [1.29, 1.82) is 0 Å². The molecule has 112 valence electrons. The lowest BCUT2D eigenvalue weighted by Crippen LogP contribution is -2.34. The Morgan fingerprint density at radius 2 is 1.75 bits per heavy atom. The predicted octanol–water partition coefficient (Wildman–Crippen LogP) is 3.00. The van der Waals surface area contributed by atoms with E-state index in [9.17, 15) is 4.79 Å². The lowest BCUT2D eigenvalue weighted by molar-refractivity contribution is -0.141. The molecule has 0 aliphatic carbocycles. The Bertz CT molecular complexity index is 454. The number of hydrogen-bond donors (Lipinski definition) is 1. The van der Waals surface area contributed by atoms with Crippen LogP contribution in [0.2, 0.25) is 0 Å². The van der Waals surface area contributed by atoms with Crippen LogP contribution in [0.25, 0.3) is 0 Å². The molecule has 1 aromatic rings. The van der Waals surface area contributed by atoms with Crippen molar-refractivity contribution in [2.45, 2.75) is 53.5 Å². The van der Waals surface area contributed by atoms with Gasteiger partial charge in [0.05, 0.1) is 13.5 Å². The summed E-state index contributed by atoms with van der Waals surface area (Å²) in [7, 11) is 1.44. The van der Waals surface area contributed by atoms with Gasteiger partial charge in [-0.15, -0.1) is 0 Å². The summed E-state index contributed by atoms with van der Waals surface area (Å²) in [5.41, 5.74) is 6.66. The number of carbonyl (C=O) groups excluding carboxylic acids is 1. The normalized spacial score (nSPS) is 12.3. The minimum Gasteiger partial charge on any atom is -0.469 e. The van der Waals surface area contributed by atoms with Crippen molar-refractivity contribution >= 4 is 5.97 Å². The molecule has 3 nitrogen and oxygen atoms in total. The van der Waals surface area contributed by atoms with Crippen molar-refractivity contribution in [2.24, 2.45) is 0 Å². The van der Waals surface area contributed by atoms with E-state index >= 15 is 0 Å². The van der Waals surface area contributed by atoms with E-state index in [-0.39, 0.29) is 12.0 Å². The van der Waals surface area contributed by atoms with Crippen LogP contribution in [0.4, 0.5) is 0 Å². The number of hydrogen-bond acceptors (Lipinski definition) is 3. The zero-order valence-electron chi connectivity index (χ0n) is 13.6. The average Bonchev–Trinajstić information content (AvgIpc) is 2.41. The second-order valence-electron chi connectivity index (χ2n) is 5.48. The van der Waals surface area contributed by atoms with Gasteiger partial charge in [-0.2, -0.15) is 0 Å². The lowest BCUT2D eigenvalue weighted by atomic mass is 9.89. The molecule has 0 aromatic heterocycles. The highest BCUT2D eigenvalue weighted by molar-refractivity contribution is 5.70. The maximum atomic E-state index is 11.5. The fraction of sp³-hybridized carbons (Fsp3) is 0.588. The van der Waals surface area contributed by atoms with Gasteiger partial charge in [-0.25, -0.2) is 0 Å². The van der Waals surface area contributed by atoms with Crippen LogP contribution in [0.15, 0.2) is 6.07 Å². The second kappa shape index (κ2) is 7.44. The molecule has 1 N–H and O–H groups in total. The monoisotopic (exact) mass is 277 g/mol. The van der Waals surface area contributed by atoms with E-state index in [0.717, 1.165) is 13.0 Å². The van der Waals surface area contributed by atoms with E-state index in [1.54, 1.807) is 0 Å². The summed E-state index contributed by atoms with van der Waals surface area (Å²) in [4.78, 5) is 11.5. The van der Waals surface area contributed by atoms with Gasteiger partial charge in [0.1, 0.15) is 0 Å². The molecule has 0 amide bonds. The van der Waals surface area contributed by atoms with Crippen molar-refractivity contribution in [2.75, 3.05) is 13.7 Å². The maximum Gasteiger partial charge on any atom is 0.307 e. The predicted molar refractivity (Wildman–Crippen MR) is 83.2 cm³/mol. The van der Waals surface area contributed by atoms with E-state index < -0.39 is 0 Å². The van der Waals surface area contributed by atoms with Crippen LogP contribution >= 0.6 is 0 Å². The fourth-order valence-corrected chi connectivity index (χ4v) is 2.64. The van der Waals surface area contributed by atoms with Gasteiger partial charge >= 0.3 is 5.97 Å². The molecule has 0 saturated carbocycles. The van der Waals surface area contributed by atoms with Crippen molar-refractivity contribution in [3.05, 3.63) is 33.9 Å². The second-order valence-corrected chi connectivity index (χ2v) is 5.48. The summed E-state index contributed by atoms with van der Waals surface area (Å²) >= 11 is 0. The molecular formula is C17H27NO2. The highest BCUT2D eigenvalue weighted by atomic mass is 16.5. The molecule has 0 heterocycles. The number of carbonyl (C=O) groups is 1. The third-order valence-corrected chi connectivity index (χ3v) is 4.11. The number of methoxy groups -OCH3 is 1. The molecule has 0 radical (unpaired) electrons. The SMILES string of the molecule is CCNC(CC(=O)OC)Cc1c(C)c(C)cc(C)c1C. The van der Waals surface area contributed by atoms with Crippen LogP contribution in [-0.4, -0.2) is 25.7 Å². The van der Waals surface area contributed by atoms with Gasteiger partial charge in [0.2, 0.25) is 0 Å². The van der Waals surface area contributed by atoms with Gasteiger partial charge in [-0.1, -0.05) is 13.0 Å². The Kier molecular flexibility index (Phi) is 6.21. The number of aryl methyl sites for hydroxylation is 2. The third kappa shape index (κ3) is 4.07. The van der Waals surface area contributed by atoms with E-state index in [4.69, 9.17) is 4.74 Å². The average molecular weight is 277 g/mol. The molecule has 0 spiro atoms. The Morgan fingerprint density at radius 3 is 2.20 bits per heavy atom. The molecule has 1 unspecified atom stereocenters. The van der Waals surface area contributed by atoms with Crippen LogP contribution in [0.3, 0.4) is 0 Å². The summed E-state index contributed by atoms with van der Waals surface area (Å²) in [6.07, 6.45) is 1.28. The highest BCUT2D eigenvalue weighted by Crippen LogP contribution is 2.23. The van der Waals surface area contributed by atoms with Gasteiger partial charge in [0.25, 0.3) is 0 Å².